The Labute approximate surface area is 191 Å². The molecular formula is C24H27F3N4O2. The van der Waals surface area contributed by atoms with E-state index in [0.717, 1.165) is 12.6 Å². The molecule has 1 aromatic heterocycles. The van der Waals surface area contributed by atoms with E-state index in [2.05, 4.69) is 15.3 Å². The highest BCUT2D eigenvalue weighted by atomic mass is 19.4. The first-order chi connectivity index (χ1) is 15.7. The maximum absolute atomic E-state index is 13.7. The van der Waals surface area contributed by atoms with Crippen LogP contribution in [0.1, 0.15) is 32.8 Å². The van der Waals surface area contributed by atoms with E-state index in [1.165, 1.54) is 11.9 Å². The summed E-state index contributed by atoms with van der Waals surface area (Å²) in [6.45, 7) is 6.41. The minimum absolute atomic E-state index is 0.0347. The third-order valence-electron chi connectivity index (χ3n) is 4.57. The summed E-state index contributed by atoms with van der Waals surface area (Å²) in [5.41, 5.74) is 0.226. The van der Waals surface area contributed by atoms with Crippen molar-refractivity contribution in [2.45, 2.75) is 39.5 Å². The lowest BCUT2D eigenvalue weighted by molar-refractivity contribution is -0.137. The number of alkyl halides is 3. The molecule has 0 aliphatic heterocycles. The summed E-state index contributed by atoms with van der Waals surface area (Å²) in [6, 6.07) is 13.8. The number of nitrogens with zero attached hydrogens (tertiary/aromatic N) is 3. The van der Waals surface area contributed by atoms with Crippen LogP contribution in [0.4, 0.5) is 36.3 Å². The predicted molar refractivity (Wildman–Crippen MR) is 123 cm³/mol. The van der Waals surface area contributed by atoms with Gasteiger partial charge in [0.05, 0.1) is 12.7 Å². The molecule has 0 aliphatic carbocycles. The molecule has 3 rings (SSSR count). The Balaban J connectivity index is 1.87. The molecular weight excluding hydrogens is 433 g/mol. The second-order valence-corrected chi connectivity index (χ2v) is 7.65. The van der Waals surface area contributed by atoms with Crippen LogP contribution >= 0.6 is 0 Å². The van der Waals surface area contributed by atoms with Crippen LogP contribution in [0.15, 0.2) is 54.7 Å². The summed E-state index contributed by atoms with van der Waals surface area (Å²) in [4.78, 5) is 9.42. The summed E-state index contributed by atoms with van der Waals surface area (Å²) < 4.78 is 52.2. The van der Waals surface area contributed by atoms with Gasteiger partial charge in [-0.3, -0.25) is 0 Å². The number of aromatic nitrogens is 2. The van der Waals surface area contributed by atoms with E-state index in [4.69, 9.17) is 9.47 Å². The lowest BCUT2D eigenvalue weighted by atomic mass is 10.2. The molecule has 9 heteroatoms. The standard InChI is InChI=1S/C24H27F3N4O2/c1-5-14-32-19-12-8-18(9-13-19)31(4)22-21(24(25,26)27)15-28-23(30-22)29-17-6-10-20(11-7-17)33-16(2)3/h6-13,15-16H,5,14H2,1-4H3,(H,28,29,30). The fourth-order valence-electron chi connectivity index (χ4n) is 3.01. The molecule has 0 saturated heterocycles. The van der Waals surface area contributed by atoms with E-state index in [-0.39, 0.29) is 17.9 Å². The van der Waals surface area contributed by atoms with Crippen molar-refractivity contribution in [1.29, 1.82) is 0 Å². The van der Waals surface area contributed by atoms with E-state index >= 15 is 0 Å². The molecule has 0 saturated carbocycles. The fourth-order valence-corrected chi connectivity index (χ4v) is 3.01. The van der Waals surface area contributed by atoms with Crippen molar-refractivity contribution >= 4 is 23.1 Å². The second-order valence-electron chi connectivity index (χ2n) is 7.65. The first-order valence-corrected chi connectivity index (χ1v) is 10.6. The molecule has 3 aromatic rings. The Morgan fingerprint density at radius 2 is 1.64 bits per heavy atom. The van der Waals surface area contributed by atoms with E-state index in [1.54, 1.807) is 48.5 Å². The molecule has 0 amide bonds. The monoisotopic (exact) mass is 460 g/mol. The average molecular weight is 461 g/mol. The van der Waals surface area contributed by atoms with Crippen LogP contribution < -0.4 is 19.7 Å². The van der Waals surface area contributed by atoms with Crippen LogP contribution in [0.2, 0.25) is 0 Å². The lowest BCUT2D eigenvalue weighted by Crippen LogP contribution is -2.19. The number of nitrogens with one attached hydrogen (secondary N) is 1. The van der Waals surface area contributed by atoms with Crippen molar-refractivity contribution in [3.8, 4) is 11.5 Å². The van der Waals surface area contributed by atoms with Gasteiger partial charge in [-0.2, -0.15) is 18.2 Å². The van der Waals surface area contributed by atoms with Crippen molar-refractivity contribution in [1.82, 2.24) is 9.97 Å². The Kier molecular flexibility index (Phi) is 7.63. The van der Waals surface area contributed by atoms with Crippen LogP contribution in [-0.2, 0) is 6.18 Å². The number of rotatable bonds is 9. The number of hydrogen-bond donors (Lipinski definition) is 1. The molecule has 1 heterocycles. The van der Waals surface area contributed by atoms with Gasteiger partial charge in [-0.05, 0) is 68.8 Å². The predicted octanol–water partition coefficient (Wildman–Crippen LogP) is 6.58. The molecule has 0 radical (unpaired) electrons. The van der Waals surface area contributed by atoms with Crippen molar-refractivity contribution in [2.75, 3.05) is 23.9 Å². The van der Waals surface area contributed by atoms with Gasteiger partial charge in [-0.1, -0.05) is 6.92 Å². The first-order valence-electron chi connectivity index (χ1n) is 10.6. The highest BCUT2D eigenvalue weighted by Gasteiger charge is 2.36. The zero-order valence-corrected chi connectivity index (χ0v) is 19.0. The molecule has 0 unspecified atom stereocenters. The molecule has 2 aromatic carbocycles. The van der Waals surface area contributed by atoms with Crippen LogP contribution in [0.5, 0.6) is 11.5 Å². The molecule has 176 valence electrons. The Hall–Kier alpha value is -3.49. The molecule has 0 bridgehead atoms. The van der Waals surface area contributed by atoms with E-state index in [1.807, 2.05) is 20.8 Å². The molecule has 1 N–H and O–H groups in total. The van der Waals surface area contributed by atoms with Crippen molar-refractivity contribution < 1.29 is 22.6 Å². The first kappa shape index (κ1) is 24.2. The Bertz CT molecular complexity index is 1040. The molecule has 0 spiro atoms. The van der Waals surface area contributed by atoms with Crippen LogP contribution in [0, 0.1) is 0 Å². The van der Waals surface area contributed by atoms with Crippen molar-refractivity contribution in [2.24, 2.45) is 0 Å². The molecule has 0 atom stereocenters. The summed E-state index contributed by atoms with van der Waals surface area (Å²) in [5, 5.41) is 2.95. The normalized spacial score (nSPS) is 11.4. The fraction of sp³-hybridized carbons (Fsp3) is 0.333. The lowest BCUT2D eigenvalue weighted by Gasteiger charge is -2.23. The van der Waals surface area contributed by atoms with Crippen LogP contribution in [-0.4, -0.2) is 29.7 Å². The highest BCUT2D eigenvalue weighted by molar-refractivity contribution is 5.65. The van der Waals surface area contributed by atoms with Crippen molar-refractivity contribution in [3.05, 3.63) is 60.3 Å². The van der Waals surface area contributed by atoms with Gasteiger partial charge in [0.25, 0.3) is 0 Å². The van der Waals surface area contributed by atoms with Crippen LogP contribution in [0.25, 0.3) is 0 Å². The smallest absolute Gasteiger partial charge is 0.421 e. The van der Waals surface area contributed by atoms with Gasteiger partial charge in [-0.15, -0.1) is 0 Å². The van der Waals surface area contributed by atoms with Gasteiger partial charge >= 0.3 is 6.18 Å². The number of ether oxygens (including phenoxy) is 2. The number of halogens is 3. The van der Waals surface area contributed by atoms with Gasteiger partial charge in [0.1, 0.15) is 17.1 Å². The van der Waals surface area contributed by atoms with Crippen LogP contribution in [0.3, 0.4) is 0 Å². The van der Waals surface area contributed by atoms with E-state index in [0.29, 0.717) is 29.5 Å². The van der Waals surface area contributed by atoms with Crippen molar-refractivity contribution in [3.63, 3.8) is 0 Å². The molecule has 33 heavy (non-hydrogen) atoms. The highest BCUT2D eigenvalue weighted by Crippen LogP contribution is 2.38. The Morgan fingerprint density at radius 3 is 2.21 bits per heavy atom. The molecule has 6 nitrogen and oxygen atoms in total. The van der Waals surface area contributed by atoms with Gasteiger partial charge in [0.2, 0.25) is 5.95 Å². The summed E-state index contributed by atoms with van der Waals surface area (Å²) in [7, 11) is 1.53. The largest absolute Gasteiger partial charge is 0.494 e. The summed E-state index contributed by atoms with van der Waals surface area (Å²) >= 11 is 0. The van der Waals surface area contributed by atoms with E-state index in [9.17, 15) is 13.2 Å². The maximum Gasteiger partial charge on any atom is 0.421 e. The van der Waals surface area contributed by atoms with Gasteiger partial charge in [-0.25, -0.2) is 4.98 Å². The summed E-state index contributed by atoms with van der Waals surface area (Å²) in [5.74, 6) is 1.13. The topological polar surface area (TPSA) is 59.5 Å². The van der Waals surface area contributed by atoms with Gasteiger partial charge < -0.3 is 19.7 Å². The van der Waals surface area contributed by atoms with Gasteiger partial charge in [0.15, 0.2) is 5.82 Å². The SMILES string of the molecule is CCCOc1ccc(N(C)c2nc(Nc3ccc(OC(C)C)cc3)ncc2C(F)(F)F)cc1. The zero-order chi connectivity index (χ0) is 24.0. The van der Waals surface area contributed by atoms with Gasteiger partial charge in [0, 0.05) is 24.6 Å². The maximum atomic E-state index is 13.7. The Morgan fingerprint density at radius 1 is 1.00 bits per heavy atom. The third-order valence-corrected chi connectivity index (χ3v) is 4.57. The third kappa shape index (κ3) is 6.50. The minimum atomic E-state index is -4.61. The number of benzene rings is 2. The second kappa shape index (κ2) is 10.4. The summed E-state index contributed by atoms with van der Waals surface area (Å²) in [6.07, 6.45) is -2.92. The quantitative estimate of drug-likeness (QED) is 0.389. The number of anilines is 4. The average Bonchev–Trinajstić information content (AvgIpc) is 2.78. The zero-order valence-electron chi connectivity index (χ0n) is 19.0. The molecule has 0 fully saturated rings. The number of hydrogen-bond acceptors (Lipinski definition) is 6. The minimum Gasteiger partial charge on any atom is -0.494 e. The van der Waals surface area contributed by atoms with E-state index < -0.39 is 11.7 Å². The molecule has 0 aliphatic rings.